The summed E-state index contributed by atoms with van der Waals surface area (Å²) in [5, 5.41) is 5.14. The van der Waals surface area contributed by atoms with Gasteiger partial charge in [-0.1, -0.05) is 6.92 Å². The summed E-state index contributed by atoms with van der Waals surface area (Å²) in [5.41, 5.74) is 1.34. The predicted molar refractivity (Wildman–Crippen MR) is 80.8 cm³/mol. The average molecular weight is 279 g/mol. The summed E-state index contributed by atoms with van der Waals surface area (Å²) in [5.74, 6) is 0. The Labute approximate surface area is 120 Å². The molecule has 1 saturated heterocycles. The lowest BCUT2D eigenvalue weighted by atomic mass is 9.99. The number of thiazole rings is 1. The van der Waals surface area contributed by atoms with Crippen molar-refractivity contribution in [3.05, 3.63) is 15.6 Å². The Morgan fingerprint density at radius 2 is 2.21 bits per heavy atom. The summed E-state index contributed by atoms with van der Waals surface area (Å²) >= 11 is 1.89. The van der Waals surface area contributed by atoms with Gasteiger partial charge >= 0.3 is 0 Å². The van der Waals surface area contributed by atoms with Crippen LogP contribution in [0.4, 0.5) is 0 Å². The van der Waals surface area contributed by atoms with E-state index in [0.717, 1.165) is 19.1 Å². The predicted octanol–water partition coefficient (Wildman–Crippen LogP) is 2.82. The van der Waals surface area contributed by atoms with Crippen LogP contribution in [0.5, 0.6) is 0 Å². The number of hydrogen-bond donors (Lipinski definition) is 1. The highest BCUT2D eigenvalue weighted by Gasteiger charge is 2.45. The Morgan fingerprint density at radius 3 is 2.79 bits per heavy atom. The van der Waals surface area contributed by atoms with Crippen LogP contribution >= 0.6 is 11.3 Å². The molecule has 1 atom stereocenters. The van der Waals surface area contributed by atoms with Crippen LogP contribution in [0.1, 0.15) is 48.2 Å². The molecule has 0 bridgehead atoms. The molecule has 1 aliphatic carbocycles. The fourth-order valence-electron chi connectivity index (χ4n) is 3.03. The zero-order valence-electron chi connectivity index (χ0n) is 12.3. The van der Waals surface area contributed by atoms with Crippen LogP contribution in [0.25, 0.3) is 0 Å². The van der Waals surface area contributed by atoms with Gasteiger partial charge in [0, 0.05) is 24.0 Å². The van der Waals surface area contributed by atoms with Crippen molar-refractivity contribution in [2.45, 2.75) is 58.0 Å². The quantitative estimate of drug-likeness (QED) is 0.898. The molecule has 106 valence electrons. The van der Waals surface area contributed by atoms with Gasteiger partial charge in [-0.25, -0.2) is 4.98 Å². The molecule has 3 rings (SSSR count). The van der Waals surface area contributed by atoms with Gasteiger partial charge in [0.05, 0.1) is 11.2 Å². The van der Waals surface area contributed by atoms with Crippen LogP contribution in [0, 0.1) is 13.8 Å². The summed E-state index contributed by atoms with van der Waals surface area (Å²) in [6, 6.07) is 0.868. The maximum Gasteiger partial charge on any atom is 0.115 e. The molecular formula is C15H25N3S. The molecule has 2 heterocycles. The van der Waals surface area contributed by atoms with Crippen molar-refractivity contribution in [1.82, 2.24) is 15.2 Å². The molecule has 1 saturated carbocycles. The number of aryl methyl sites for hydroxylation is 2. The molecule has 0 radical (unpaired) electrons. The van der Waals surface area contributed by atoms with Crippen molar-refractivity contribution in [3.8, 4) is 0 Å². The second-order valence-electron chi connectivity index (χ2n) is 6.12. The second kappa shape index (κ2) is 5.15. The molecule has 3 nitrogen and oxygen atoms in total. The van der Waals surface area contributed by atoms with E-state index < -0.39 is 0 Å². The minimum atomic E-state index is 0.127. The molecule has 0 spiro atoms. The molecule has 1 aromatic heterocycles. The normalized spacial score (nSPS) is 28.2. The maximum absolute atomic E-state index is 4.86. The summed E-state index contributed by atoms with van der Waals surface area (Å²) in [6.07, 6.45) is 5.21. The zero-order valence-corrected chi connectivity index (χ0v) is 13.1. The SMILES string of the molecule is CCCNC1(c2nc(C)c(C)s2)CCN(C2CC2)C1. The number of rotatable bonds is 5. The van der Waals surface area contributed by atoms with Crippen molar-refractivity contribution in [1.29, 1.82) is 0 Å². The molecule has 1 N–H and O–H groups in total. The van der Waals surface area contributed by atoms with Gasteiger partial charge in [0.1, 0.15) is 5.01 Å². The monoisotopic (exact) mass is 279 g/mol. The molecular weight excluding hydrogens is 254 g/mol. The largest absolute Gasteiger partial charge is 0.304 e. The zero-order chi connectivity index (χ0) is 13.5. The van der Waals surface area contributed by atoms with E-state index in [1.54, 1.807) is 0 Å². The molecule has 4 heteroatoms. The van der Waals surface area contributed by atoms with Crippen molar-refractivity contribution < 1.29 is 0 Å². The number of hydrogen-bond acceptors (Lipinski definition) is 4. The van der Waals surface area contributed by atoms with Gasteiger partial charge in [-0.05, 0) is 46.1 Å². The van der Waals surface area contributed by atoms with Gasteiger partial charge in [0.15, 0.2) is 0 Å². The highest BCUT2D eigenvalue weighted by Crippen LogP contribution is 2.40. The molecule has 1 aliphatic heterocycles. The maximum atomic E-state index is 4.86. The lowest BCUT2D eigenvalue weighted by molar-refractivity contribution is 0.274. The first kappa shape index (κ1) is 13.5. The topological polar surface area (TPSA) is 28.2 Å². The van der Waals surface area contributed by atoms with Crippen LogP contribution in [-0.2, 0) is 5.54 Å². The van der Waals surface area contributed by atoms with Crippen molar-refractivity contribution in [2.24, 2.45) is 0 Å². The molecule has 2 fully saturated rings. The fraction of sp³-hybridized carbons (Fsp3) is 0.800. The summed E-state index contributed by atoms with van der Waals surface area (Å²) in [7, 11) is 0. The molecule has 1 unspecified atom stereocenters. The van der Waals surface area contributed by atoms with Gasteiger partial charge in [0.25, 0.3) is 0 Å². The van der Waals surface area contributed by atoms with E-state index in [1.165, 1.54) is 47.8 Å². The number of likely N-dealkylation sites (tertiary alicyclic amines) is 1. The van der Waals surface area contributed by atoms with Crippen molar-refractivity contribution in [2.75, 3.05) is 19.6 Å². The Kier molecular flexibility index (Phi) is 3.67. The van der Waals surface area contributed by atoms with Gasteiger partial charge in [0.2, 0.25) is 0 Å². The van der Waals surface area contributed by atoms with E-state index in [-0.39, 0.29) is 5.54 Å². The Bertz CT molecular complexity index is 433. The highest BCUT2D eigenvalue weighted by atomic mass is 32.1. The van der Waals surface area contributed by atoms with Crippen LogP contribution in [0.3, 0.4) is 0 Å². The van der Waals surface area contributed by atoms with Crippen LogP contribution in [0.15, 0.2) is 0 Å². The molecule has 0 aromatic carbocycles. The smallest absolute Gasteiger partial charge is 0.115 e. The standard InChI is InChI=1S/C15H25N3S/c1-4-8-16-15(14-17-11(2)12(3)19-14)7-9-18(10-15)13-5-6-13/h13,16H,4-10H2,1-3H3. The Hall–Kier alpha value is -0.450. The summed E-state index contributed by atoms with van der Waals surface area (Å²) < 4.78 is 0. The van der Waals surface area contributed by atoms with E-state index in [1.807, 2.05) is 11.3 Å². The van der Waals surface area contributed by atoms with E-state index in [4.69, 9.17) is 4.98 Å². The third-order valence-electron chi connectivity index (χ3n) is 4.51. The van der Waals surface area contributed by atoms with Crippen LogP contribution in [-0.4, -0.2) is 35.6 Å². The first-order valence-electron chi connectivity index (χ1n) is 7.58. The van der Waals surface area contributed by atoms with Gasteiger partial charge in [-0.2, -0.15) is 0 Å². The van der Waals surface area contributed by atoms with E-state index in [0.29, 0.717) is 0 Å². The summed E-state index contributed by atoms with van der Waals surface area (Å²) in [6.45, 7) is 10.1. The van der Waals surface area contributed by atoms with E-state index >= 15 is 0 Å². The number of nitrogens with one attached hydrogen (secondary N) is 1. The Morgan fingerprint density at radius 1 is 1.42 bits per heavy atom. The number of nitrogens with zero attached hydrogens (tertiary/aromatic N) is 2. The summed E-state index contributed by atoms with van der Waals surface area (Å²) in [4.78, 5) is 8.91. The Balaban J connectivity index is 1.84. The first-order valence-corrected chi connectivity index (χ1v) is 8.40. The molecule has 0 amide bonds. The van der Waals surface area contributed by atoms with Gasteiger partial charge in [-0.15, -0.1) is 11.3 Å². The molecule has 1 aromatic rings. The molecule has 19 heavy (non-hydrogen) atoms. The lowest BCUT2D eigenvalue weighted by Gasteiger charge is -2.29. The minimum Gasteiger partial charge on any atom is -0.304 e. The fourth-order valence-corrected chi connectivity index (χ4v) is 4.13. The second-order valence-corrected chi connectivity index (χ2v) is 7.32. The van der Waals surface area contributed by atoms with E-state index in [9.17, 15) is 0 Å². The van der Waals surface area contributed by atoms with Gasteiger partial charge in [-0.3, -0.25) is 4.90 Å². The third-order valence-corrected chi connectivity index (χ3v) is 5.79. The molecule has 2 aliphatic rings. The van der Waals surface area contributed by atoms with Crippen LogP contribution < -0.4 is 5.32 Å². The average Bonchev–Trinajstić information content (AvgIpc) is 3.07. The lowest BCUT2D eigenvalue weighted by Crippen LogP contribution is -2.45. The highest BCUT2D eigenvalue weighted by molar-refractivity contribution is 7.11. The van der Waals surface area contributed by atoms with Crippen molar-refractivity contribution >= 4 is 11.3 Å². The first-order chi connectivity index (χ1) is 9.14. The van der Waals surface area contributed by atoms with Crippen LogP contribution in [0.2, 0.25) is 0 Å². The minimum absolute atomic E-state index is 0.127. The van der Waals surface area contributed by atoms with E-state index in [2.05, 4.69) is 31.0 Å². The third kappa shape index (κ3) is 2.58. The number of aromatic nitrogens is 1. The van der Waals surface area contributed by atoms with Crippen molar-refractivity contribution in [3.63, 3.8) is 0 Å². The van der Waals surface area contributed by atoms with Gasteiger partial charge < -0.3 is 5.32 Å².